The molecule has 0 bridgehead atoms. The molecule has 24 heavy (non-hydrogen) atoms. The topological polar surface area (TPSA) is 69.4 Å². The highest BCUT2D eigenvalue weighted by Crippen LogP contribution is 2.22. The summed E-state index contributed by atoms with van der Waals surface area (Å²) in [6.07, 6.45) is 0.827. The van der Waals surface area contributed by atoms with Crippen molar-refractivity contribution in [3.05, 3.63) is 54.1 Å². The Labute approximate surface area is 140 Å². The Balaban J connectivity index is 1.59. The molecule has 0 unspecified atom stereocenters. The van der Waals surface area contributed by atoms with Crippen molar-refractivity contribution in [3.63, 3.8) is 0 Å². The highest BCUT2D eigenvalue weighted by molar-refractivity contribution is 5.57. The van der Waals surface area contributed by atoms with E-state index >= 15 is 0 Å². The minimum Gasteiger partial charge on any atom is -0.497 e. The molecule has 0 aliphatic rings. The Morgan fingerprint density at radius 2 is 1.75 bits per heavy atom. The lowest BCUT2D eigenvalue weighted by Crippen LogP contribution is -2.05. The van der Waals surface area contributed by atoms with Crippen LogP contribution in [0.1, 0.15) is 5.56 Å². The number of aromatic nitrogens is 2. The zero-order chi connectivity index (χ0) is 16.8. The van der Waals surface area contributed by atoms with Crippen LogP contribution in [0.25, 0.3) is 11.4 Å². The molecule has 0 aliphatic carbocycles. The summed E-state index contributed by atoms with van der Waals surface area (Å²) >= 11 is 0. The first-order chi connectivity index (χ1) is 11.8. The van der Waals surface area contributed by atoms with Gasteiger partial charge in [0.1, 0.15) is 11.5 Å². The van der Waals surface area contributed by atoms with Gasteiger partial charge in [0.05, 0.1) is 14.2 Å². The summed E-state index contributed by atoms with van der Waals surface area (Å²) in [7, 11) is 3.29. The molecule has 1 N–H and O–H groups in total. The predicted molar refractivity (Wildman–Crippen MR) is 91.5 cm³/mol. The van der Waals surface area contributed by atoms with Crippen molar-refractivity contribution in [3.8, 4) is 22.9 Å². The second kappa shape index (κ2) is 7.50. The van der Waals surface area contributed by atoms with Crippen molar-refractivity contribution in [2.45, 2.75) is 6.42 Å². The van der Waals surface area contributed by atoms with Gasteiger partial charge in [-0.25, -0.2) is 0 Å². The van der Waals surface area contributed by atoms with Gasteiger partial charge in [-0.2, -0.15) is 4.98 Å². The van der Waals surface area contributed by atoms with Crippen LogP contribution < -0.4 is 14.8 Å². The van der Waals surface area contributed by atoms with E-state index in [9.17, 15) is 0 Å². The smallest absolute Gasteiger partial charge is 0.321 e. The van der Waals surface area contributed by atoms with Gasteiger partial charge in [0.25, 0.3) is 0 Å². The third-order valence-electron chi connectivity index (χ3n) is 3.58. The first-order valence-corrected chi connectivity index (χ1v) is 7.63. The fraction of sp³-hybridized carbons (Fsp3) is 0.222. The van der Waals surface area contributed by atoms with Crippen LogP contribution >= 0.6 is 0 Å². The highest BCUT2D eigenvalue weighted by Gasteiger charge is 2.09. The number of nitrogens with zero attached hydrogens (tertiary/aromatic N) is 2. The SMILES string of the molecule is COc1cccc(CCNc2nc(-c3cccc(OC)c3)no2)c1. The van der Waals surface area contributed by atoms with Crippen LogP contribution in [0, 0.1) is 0 Å². The fourth-order valence-electron chi connectivity index (χ4n) is 2.32. The van der Waals surface area contributed by atoms with E-state index in [0.29, 0.717) is 18.4 Å². The van der Waals surface area contributed by atoms with Crippen LogP contribution in [-0.2, 0) is 6.42 Å². The van der Waals surface area contributed by atoms with Gasteiger partial charge in [0, 0.05) is 12.1 Å². The Bertz CT molecular complexity index is 801. The van der Waals surface area contributed by atoms with Gasteiger partial charge in [-0.15, -0.1) is 0 Å². The van der Waals surface area contributed by atoms with Gasteiger partial charge < -0.3 is 19.3 Å². The lowest BCUT2D eigenvalue weighted by atomic mass is 10.1. The Morgan fingerprint density at radius 1 is 1.00 bits per heavy atom. The number of anilines is 1. The third kappa shape index (κ3) is 3.84. The standard InChI is InChI=1S/C18H19N3O3/c1-22-15-7-3-5-13(11-15)9-10-19-18-20-17(21-24-18)14-6-4-8-16(12-14)23-2/h3-8,11-12H,9-10H2,1-2H3,(H,19,20,21). The molecule has 0 fully saturated rings. The van der Waals surface area contributed by atoms with Crippen molar-refractivity contribution >= 4 is 6.01 Å². The molecule has 0 aliphatic heterocycles. The van der Waals surface area contributed by atoms with Gasteiger partial charge in [0.15, 0.2) is 0 Å². The summed E-state index contributed by atoms with van der Waals surface area (Å²) in [6, 6.07) is 15.9. The largest absolute Gasteiger partial charge is 0.497 e. The molecular formula is C18H19N3O3. The van der Waals surface area contributed by atoms with Crippen molar-refractivity contribution in [1.82, 2.24) is 10.1 Å². The van der Waals surface area contributed by atoms with Crippen LogP contribution in [0.4, 0.5) is 6.01 Å². The molecule has 0 amide bonds. The summed E-state index contributed by atoms with van der Waals surface area (Å²) in [5.74, 6) is 2.13. The van der Waals surface area contributed by atoms with Crippen LogP contribution in [0.15, 0.2) is 53.1 Å². The van der Waals surface area contributed by atoms with E-state index in [1.807, 2.05) is 42.5 Å². The maximum absolute atomic E-state index is 5.24. The molecule has 0 saturated carbocycles. The summed E-state index contributed by atoms with van der Waals surface area (Å²) in [5, 5.41) is 7.13. The van der Waals surface area contributed by atoms with E-state index in [-0.39, 0.29) is 0 Å². The van der Waals surface area contributed by atoms with E-state index < -0.39 is 0 Å². The van der Waals surface area contributed by atoms with E-state index in [4.69, 9.17) is 14.0 Å². The average Bonchev–Trinajstić information content (AvgIpc) is 3.11. The van der Waals surface area contributed by atoms with Gasteiger partial charge in [-0.1, -0.05) is 29.4 Å². The molecule has 0 atom stereocenters. The number of methoxy groups -OCH3 is 2. The van der Waals surface area contributed by atoms with Gasteiger partial charge in [-0.3, -0.25) is 0 Å². The number of benzene rings is 2. The second-order valence-electron chi connectivity index (χ2n) is 5.18. The molecular weight excluding hydrogens is 306 g/mol. The Morgan fingerprint density at radius 3 is 2.54 bits per heavy atom. The molecule has 1 aromatic heterocycles. The first kappa shape index (κ1) is 15.9. The monoisotopic (exact) mass is 325 g/mol. The minimum atomic E-state index is 0.399. The zero-order valence-corrected chi connectivity index (χ0v) is 13.7. The van der Waals surface area contributed by atoms with E-state index in [0.717, 1.165) is 23.5 Å². The predicted octanol–water partition coefficient (Wildman–Crippen LogP) is 3.41. The average molecular weight is 325 g/mol. The highest BCUT2D eigenvalue weighted by atomic mass is 16.5. The quantitative estimate of drug-likeness (QED) is 0.718. The third-order valence-corrected chi connectivity index (χ3v) is 3.58. The summed E-state index contributed by atoms with van der Waals surface area (Å²) in [4.78, 5) is 4.35. The fourth-order valence-corrected chi connectivity index (χ4v) is 2.32. The van der Waals surface area contributed by atoms with Crippen LogP contribution in [0.2, 0.25) is 0 Å². The molecule has 6 heteroatoms. The molecule has 2 aromatic carbocycles. The Kier molecular flexibility index (Phi) is 4.96. The van der Waals surface area contributed by atoms with Crippen molar-refractivity contribution in [2.24, 2.45) is 0 Å². The van der Waals surface area contributed by atoms with Crippen LogP contribution in [-0.4, -0.2) is 30.9 Å². The van der Waals surface area contributed by atoms with E-state index in [2.05, 4.69) is 21.5 Å². The maximum Gasteiger partial charge on any atom is 0.321 e. The molecule has 0 radical (unpaired) electrons. The van der Waals surface area contributed by atoms with Gasteiger partial charge in [0.2, 0.25) is 5.82 Å². The summed E-state index contributed by atoms with van der Waals surface area (Å²) in [6.45, 7) is 0.687. The molecule has 6 nitrogen and oxygen atoms in total. The number of ether oxygens (including phenoxy) is 2. The lowest BCUT2D eigenvalue weighted by Gasteiger charge is -2.04. The molecule has 1 heterocycles. The summed E-state index contributed by atoms with van der Waals surface area (Å²) in [5.41, 5.74) is 2.02. The molecule has 0 spiro atoms. The molecule has 124 valence electrons. The van der Waals surface area contributed by atoms with Crippen molar-refractivity contribution in [2.75, 3.05) is 26.1 Å². The lowest BCUT2D eigenvalue weighted by molar-refractivity contribution is 0.414. The summed E-state index contributed by atoms with van der Waals surface area (Å²) < 4.78 is 15.7. The molecule has 3 rings (SSSR count). The van der Waals surface area contributed by atoms with Gasteiger partial charge in [-0.05, 0) is 36.2 Å². The first-order valence-electron chi connectivity index (χ1n) is 7.63. The van der Waals surface area contributed by atoms with Crippen molar-refractivity contribution < 1.29 is 14.0 Å². The number of hydrogen-bond donors (Lipinski definition) is 1. The van der Waals surface area contributed by atoms with Gasteiger partial charge >= 0.3 is 6.01 Å². The number of nitrogens with one attached hydrogen (secondary N) is 1. The molecule has 3 aromatic rings. The van der Waals surface area contributed by atoms with E-state index in [1.54, 1.807) is 14.2 Å². The zero-order valence-electron chi connectivity index (χ0n) is 13.7. The number of rotatable bonds is 7. The number of hydrogen-bond acceptors (Lipinski definition) is 6. The Hall–Kier alpha value is -3.02. The second-order valence-corrected chi connectivity index (χ2v) is 5.18. The van der Waals surface area contributed by atoms with Crippen molar-refractivity contribution in [1.29, 1.82) is 0 Å². The normalized spacial score (nSPS) is 10.4. The van der Waals surface area contributed by atoms with Crippen LogP contribution in [0.3, 0.4) is 0 Å². The van der Waals surface area contributed by atoms with Crippen LogP contribution in [0.5, 0.6) is 11.5 Å². The maximum atomic E-state index is 5.24. The van der Waals surface area contributed by atoms with E-state index in [1.165, 1.54) is 5.56 Å². The minimum absolute atomic E-state index is 0.399. The molecule has 0 saturated heterocycles.